The van der Waals surface area contributed by atoms with Crippen molar-refractivity contribution in [3.8, 4) is 0 Å². The molecule has 0 aliphatic carbocycles. The van der Waals surface area contributed by atoms with Gasteiger partial charge in [-0.05, 0) is 43.2 Å². The number of nitrogens with one attached hydrogen (secondary N) is 1. The zero-order chi connectivity index (χ0) is 19.7. The molecule has 1 aliphatic rings. The molecular weight excluding hydrogens is 364 g/mol. The maximum Gasteiger partial charge on any atom is 0.261 e. The molecule has 0 saturated carbocycles. The average Bonchev–Trinajstić information content (AvgIpc) is 2.66. The fraction of sp³-hybridized carbons (Fsp3) is 0.286. The maximum absolute atomic E-state index is 13.8. The Bertz CT molecular complexity index is 1120. The van der Waals surface area contributed by atoms with Crippen molar-refractivity contribution in [3.05, 3.63) is 69.8 Å². The zero-order valence-electron chi connectivity index (χ0n) is 15.2. The van der Waals surface area contributed by atoms with Gasteiger partial charge in [-0.2, -0.15) is 0 Å². The first kappa shape index (κ1) is 18.3. The number of fused-ring (bicyclic) bond motifs is 2. The second-order valence-corrected chi connectivity index (χ2v) is 6.96. The number of hydrogen-bond donors (Lipinski definition) is 1. The molecule has 1 aliphatic heterocycles. The summed E-state index contributed by atoms with van der Waals surface area (Å²) < 4.78 is 28.8. The predicted molar refractivity (Wildman–Crippen MR) is 102 cm³/mol. The van der Waals surface area contributed by atoms with Crippen LogP contribution in [0.4, 0.5) is 14.5 Å². The van der Waals surface area contributed by atoms with Crippen molar-refractivity contribution < 1.29 is 13.6 Å². The summed E-state index contributed by atoms with van der Waals surface area (Å²) in [7, 11) is 0. The van der Waals surface area contributed by atoms with Gasteiger partial charge < -0.3 is 5.32 Å². The largest absolute Gasteiger partial charge is 0.319 e. The van der Waals surface area contributed by atoms with Gasteiger partial charge >= 0.3 is 0 Å². The van der Waals surface area contributed by atoms with E-state index in [-0.39, 0.29) is 16.8 Å². The highest BCUT2D eigenvalue weighted by atomic mass is 19.1. The first-order chi connectivity index (χ1) is 13.5. The summed E-state index contributed by atoms with van der Waals surface area (Å²) in [5.74, 6) is -1.25. The topological polar surface area (TPSA) is 64.0 Å². The molecular formula is C21H19F2N3O2. The highest BCUT2D eigenvalue weighted by Gasteiger charge is 2.16. The van der Waals surface area contributed by atoms with Gasteiger partial charge in [-0.3, -0.25) is 14.2 Å². The van der Waals surface area contributed by atoms with Crippen molar-refractivity contribution >= 4 is 22.5 Å². The van der Waals surface area contributed by atoms with Crippen LogP contribution < -0.4 is 10.9 Å². The first-order valence-electron chi connectivity index (χ1n) is 9.33. The van der Waals surface area contributed by atoms with E-state index in [1.807, 2.05) is 0 Å². The minimum absolute atomic E-state index is 0.106. The van der Waals surface area contributed by atoms with Crippen LogP contribution in [0.15, 0.2) is 41.2 Å². The molecule has 0 saturated heterocycles. The van der Waals surface area contributed by atoms with Crippen molar-refractivity contribution in [3.63, 3.8) is 0 Å². The molecule has 0 fully saturated rings. The lowest BCUT2D eigenvalue weighted by Crippen LogP contribution is -2.26. The standard InChI is InChI=1S/C21H19F2N3O2/c22-14-7-9-16(23)18(12-14)25-20(27)13-6-8-15-17(11-13)24-19-5-3-1-2-4-10-26(19)21(15)28/h6-9,11-12H,1-5,10H2,(H,25,27). The van der Waals surface area contributed by atoms with Crippen molar-refractivity contribution in [1.29, 1.82) is 0 Å². The molecule has 0 atom stereocenters. The van der Waals surface area contributed by atoms with Gasteiger partial charge in [-0.25, -0.2) is 13.8 Å². The predicted octanol–water partition coefficient (Wildman–Crippen LogP) is 4.04. The molecule has 2 heterocycles. The van der Waals surface area contributed by atoms with E-state index in [1.165, 1.54) is 12.1 Å². The van der Waals surface area contributed by atoms with Gasteiger partial charge in [0, 0.05) is 24.6 Å². The zero-order valence-corrected chi connectivity index (χ0v) is 15.2. The van der Waals surface area contributed by atoms with Crippen LogP contribution >= 0.6 is 0 Å². The van der Waals surface area contributed by atoms with E-state index >= 15 is 0 Å². The minimum atomic E-state index is -0.728. The molecule has 1 N–H and O–H groups in total. The molecule has 144 valence electrons. The number of rotatable bonds is 2. The molecule has 0 bridgehead atoms. The Hall–Kier alpha value is -3.09. The summed E-state index contributed by atoms with van der Waals surface area (Å²) in [5, 5.41) is 2.80. The quantitative estimate of drug-likeness (QED) is 0.726. The average molecular weight is 383 g/mol. The number of halogens is 2. The number of benzene rings is 2. The van der Waals surface area contributed by atoms with Gasteiger partial charge in [-0.1, -0.05) is 12.8 Å². The maximum atomic E-state index is 13.8. The van der Waals surface area contributed by atoms with Crippen LogP contribution in [0.25, 0.3) is 10.9 Å². The molecule has 3 aromatic rings. The fourth-order valence-corrected chi connectivity index (χ4v) is 3.52. The summed E-state index contributed by atoms with van der Waals surface area (Å²) in [6, 6.07) is 7.42. The van der Waals surface area contributed by atoms with Crippen molar-refractivity contribution in [2.24, 2.45) is 0 Å². The van der Waals surface area contributed by atoms with Gasteiger partial charge in [0.2, 0.25) is 0 Å². The fourth-order valence-electron chi connectivity index (χ4n) is 3.52. The molecule has 4 rings (SSSR count). The van der Waals surface area contributed by atoms with E-state index < -0.39 is 17.5 Å². The Kier molecular flexibility index (Phi) is 4.90. The summed E-state index contributed by atoms with van der Waals surface area (Å²) in [6.07, 6.45) is 4.84. The van der Waals surface area contributed by atoms with E-state index in [9.17, 15) is 18.4 Å². The third-order valence-electron chi connectivity index (χ3n) is 5.01. The number of nitrogens with zero attached hydrogens (tertiary/aromatic N) is 2. The molecule has 1 aromatic heterocycles. The summed E-state index contributed by atoms with van der Waals surface area (Å²) in [6.45, 7) is 0.651. The Morgan fingerprint density at radius 2 is 1.86 bits per heavy atom. The van der Waals surface area contributed by atoms with Gasteiger partial charge in [0.1, 0.15) is 17.5 Å². The Balaban J connectivity index is 1.71. The number of amides is 1. The van der Waals surface area contributed by atoms with E-state index in [0.29, 0.717) is 17.4 Å². The lowest BCUT2D eigenvalue weighted by atomic mass is 10.1. The van der Waals surface area contributed by atoms with Gasteiger partial charge in [0.15, 0.2) is 0 Å². The lowest BCUT2D eigenvalue weighted by molar-refractivity contribution is 0.102. The summed E-state index contributed by atoms with van der Waals surface area (Å²) in [4.78, 5) is 29.9. The van der Waals surface area contributed by atoms with Crippen LogP contribution in [-0.2, 0) is 13.0 Å². The molecule has 7 heteroatoms. The molecule has 0 unspecified atom stereocenters. The number of anilines is 1. The van der Waals surface area contributed by atoms with Crippen molar-refractivity contribution in [1.82, 2.24) is 9.55 Å². The van der Waals surface area contributed by atoms with E-state index in [4.69, 9.17) is 0 Å². The lowest BCUT2D eigenvalue weighted by Gasteiger charge is -2.16. The van der Waals surface area contributed by atoms with Crippen LogP contribution in [0.3, 0.4) is 0 Å². The highest BCUT2D eigenvalue weighted by molar-refractivity contribution is 6.06. The summed E-state index contributed by atoms with van der Waals surface area (Å²) >= 11 is 0. The van der Waals surface area contributed by atoms with Crippen LogP contribution in [0.2, 0.25) is 0 Å². The SMILES string of the molecule is O=C(Nc1cc(F)ccc1F)c1ccc2c(=O)n3c(nc2c1)CCCCCC3. The number of aromatic nitrogens is 2. The monoisotopic (exact) mass is 383 g/mol. The number of carbonyl (C=O) groups is 1. The van der Waals surface area contributed by atoms with Crippen molar-refractivity contribution in [2.75, 3.05) is 5.32 Å². The Morgan fingerprint density at radius 3 is 2.71 bits per heavy atom. The third kappa shape index (κ3) is 3.52. The Labute approximate surface area is 160 Å². The van der Waals surface area contributed by atoms with Crippen LogP contribution in [0.5, 0.6) is 0 Å². The molecule has 2 aromatic carbocycles. The number of aryl methyl sites for hydroxylation is 1. The molecule has 5 nitrogen and oxygen atoms in total. The smallest absolute Gasteiger partial charge is 0.261 e. The van der Waals surface area contributed by atoms with Crippen LogP contribution in [0, 0.1) is 11.6 Å². The number of carbonyl (C=O) groups excluding carboxylic acids is 1. The minimum Gasteiger partial charge on any atom is -0.319 e. The van der Waals surface area contributed by atoms with Crippen LogP contribution in [0.1, 0.15) is 41.9 Å². The van der Waals surface area contributed by atoms with Crippen molar-refractivity contribution in [2.45, 2.75) is 38.6 Å². The summed E-state index contributed by atoms with van der Waals surface area (Å²) in [5.41, 5.74) is 0.310. The third-order valence-corrected chi connectivity index (χ3v) is 5.01. The van der Waals surface area contributed by atoms with Gasteiger partial charge in [0.05, 0.1) is 16.6 Å². The highest BCUT2D eigenvalue weighted by Crippen LogP contribution is 2.19. The van der Waals surface area contributed by atoms with Gasteiger partial charge in [0.25, 0.3) is 11.5 Å². The second kappa shape index (κ2) is 7.50. The molecule has 0 spiro atoms. The van der Waals surface area contributed by atoms with Gasteiger partial charge in [-0.15, -0.1) is 0 Å². The number of hydrogen-bond acceptors (Lipinski definition) is 3. The van der Waals surface area contributed by atoms with E-state index in [1.54, 1.807) is 10.6 Å². The molecule has 28 heavy (non-hydrogen) atoms. The second-order valence-electron chi connectivity index (χ2n) is 6.96. The normalized spacial score (nSPS) is 14.2. The van der Waals surface area contributed by atoms with E-state index in [0.717, 1.165) is 56.1 Å². The molecule has 0 radical (unpaired) electrons. The van der Waals surface area contributed by atoms with E-state index in [2.05, 4.69) is 10.3 Å². The van der Waals surface area contributed by atoms with Crippen LogP contribution in [-0.4, -0.2) is 15.5 Å². The first-order valence-corrected chi connectivity index (χ1v) is 9.33. The Morgan fingerprint density at radius 1 is 1.04 bits per heavy atom. The molecule has 1 amide bonds.